The molecule has 1 saturated carbocycles. The lowest BCUT2D eigenvalue weighted by molar-refractivity contribution is 0.171. The van der Waals surface area contributed by atoms with Gasteiger partial charge in [-0.2, -0.15) is 0 Å². The largest absolute Gasteiger partial charge is 0.486 e. The highest BCUT2D eigenvalue weighted by Crippen LogP contribution is 2.54. The van der Waals surface area contributed by atoms with Crippen LogP contribution in [0, 0.1) is 5.92 Å². The van der Waals surface area contributed by atoms with E-state index in [1.807, 2.05) is 18.2 Å². The minimum absolute atomic E-state index is 0.0319. The van der Waals surface area contributed by atoms with Crippen LogP contribution in [0.2, 0.25) is 0 Å². The van der Waals surface area contributed by atoms with Gasteiger partial charge in [0.05, 0.1) is 6.61 Å². The van der Waals surface area contributed by atoms with E-state index >= 15 is 0 Å². The van der Waals surface area contributed by atoms with Crippen molar-refractivity contribution in [2.24, 2.45) is 5.92 Å². The molecule has 0 saturated heterocycles. The zero-order valence-electron chi connectivity index (χ0n) is 9.40. The molecule has 1 heterocycles. The second-order valence-electron chi connectivity index (χ2n) is 4.78. The fourth-order valence-corrected chi connectivity index (χ4v) is 2.55. The summed E-state index contributed by atoms with van der Waals surface area (Å²) in [5.41, 5.74) is 1.14. The predicted octanol–water partition coefficient (Wildman–Crippen LogP) is 1.73. The molecule has 1 aromatic rings. The van der Waals surface area contributed by atoms with E-state index in [0.29, 0.717) is 19.1 Å². The Morgan fingerprint density at radius 1 is 1.31 bits per heavy atom. The van der Waals surface area contributed by atoms with Crippen molar-refractivity contribution >= 4 is 0 Å². The highest BCUT2D eigenvalue weighted by atomic mass is 16.6. The normalized spacial score (nSPS) is 31.2. The minimum Gasteiger partial charge on any atom is -0.486 e. The van der Waals surface area contributed by atoms with Gasteiger partial charge in [0.2, 0.25) is 0 Å². The van der Waals surface area contributed by atoms with Gasteiger partial charge in [0.25, 0.3) is 0 Å². The molecule has 3 nitrogen and oxygen atoms in total. The second-order valence-corrected chi connectivity index (χ2v) is 4.78. The average molecular weight is 220 g/mol. The van der Waals surface area contributed by atoms with Gasteiger partial charge in [-0.05, 0) is 30.0 Å². The predicted molar refractivity (Wildman–Crippen MR) is 60.0 cm³/mol. The minimum atomic E-state index is -0.0319. The Labute approximate surface area is 95.0 Å². The molecular formula is C13H16O3. The van der Waals surface area contributed by atoms with Gasteiger partial charge in [-0.25, -0.2) is 0 Å². The maximum absolute atomic E-state index is 9.51. The van der Waals surface area contributed by atoms with Crippen molar-refractivity contribution in [3.63, 3.8) is 0 Å². The molecule has 2 aliphatic rings. The first-order chi connectivity index (χ1) is 7.76. The summed E-state index contributed by atoms with van der Waals surface area (Å²) in [7, 11) is 0. The first kappa shape index (κ1) is 9.97. The fourth-order valence-electron chi connectivity index (χ4n) is 2.55. The number of benzene rings is 1. The zero-order valence-corrected chi connectivity index (χ0v) is 9.40. The molecule has 16 heavy (non-hydrogen) atoms. The van der Waals surface area contributed by atoms with Crippen LogP contribution in [-0.2, 0) is 5.41 Å². The van der Waals surface area contributed by atoms with Crippen LogP contribution in [-0.4, -0.2) is 24.9 Å². The molecule has 0 bridgehead atoms. The zero-order chi connectivity index (χ0) is 11.2. The smallest absolute Gasteiger partial charge is 0.161 e. The third-order valence-electron chi connectivity index (χ3n) is 3.85. The fraction of sp³-hybridized carbons (Fsp3) is 0.538. The van der Waals surface area contributed by atoms with E-state index < -0.39 is 0 Å². The molecule has 1 aliphatic carbocycles. The number of aliphatic hydroxyl groups excluding tert-OH is 1. The summed E-state index contributed by atoms with van der Waals surface area (Å²) in [5, 5.41) is 9.51. The van der Waals surface area contributed by atoms with Crippen LogP contribution in [0.25, 0.3) is 0 Å². The van der Waals surface area contributed by atoms with Crippen molar-refractivity contribution in [2.75, 3.05) is 19.8 Å². The summed E-state index contributed by atoms with van der Waals surface area (Å²) < 4.78 is 11.0. The Kier molecular flexibility index (Phi) is 2.11. The third-order valence-corrected chi connectivity index (χ3v) is 3.85. The number of ether oxygens (including phenoxy) is 2. The van der Waals surface area contributed by atoms with Crippen LogP contribution >= 0.6 is 0 Å². The van der Waals surface area contributed by atoms with Gasteiger partial charge in [0, 0.05) is 5.41 Å². The Morgan fingerprint density at radius 2 is 2.00 bits per heavy atom. The van der Waals surface area contributed by atoms with E-state index in [9.17, 15) is 5.11 Å². The van der Waals surface area contributed by atoms with E-state index in [1.54, 1.807) is 0 Å². The van der Waals surface area contributed by atoms with Crippen molar-refractivity contribution in [1.29, 1.82) is 0 Å². The molecule has 0 amide bonds. The lowest BCUT2D eigenvalue weighted by Crippen LogP contribution is -2.18. The summed E-state index contributed by atoms with van der Waals surface area (Å²) in [6.45, 7) is 3.62. The number of fused-ring (bicyclic) bond motifs is 1. The summed E-state index contributed by atoms with van der Waals surface area (Å²) in [5.74, 6) is 2.19. The van der Waals surface area contributed by atoms with Gasteiger partial charge in [-0.1, -0.05) is 13.0 Å². The molecule has 2 atom stereocenters. The first-order valence-electron chi connectivity index (χ1n) is 5.77. The highest BCUT2D eigenvalue weighted by molar-refractivity contribution is 5.48. The summed E-state index contributed by atoms with van der Waals surface area (Å²) in [6, 6.07) is 6.02. The Bertz CT molecular complexity index is 412. The lowest BCUT2D eigenvalue weighted by atomic mass is 9.94. The molecule has 3 heteroatoms. The number of hydrogen-bond acceptors (Lipinski definition) is 3. The van der Waals surface area contributed by atoms with Gasteiger partial charge in [0.15, 0.2) is 11.5 Å². The maximum atomic E-state index is 9.51. The van der Waals surface area contributed by atoms with Crippen molar-refractivity contribution in [1.82, 2.24) is 0 Å². The van der Waals surface area contributed by atoms with Crippen LogP contribution in [0.3, 0.4) is 0 Å². The number of hydrogen-bond donors (Lipinski definition) is 1. The Balaban J connectivity index is 1.97. The van der Waals surface area contributed by atoms with Crippen LogP contribution in [0.4, 0.5) is 0 Å². The molecule has 0 aromatic heterocycles. The maximum Gasteiger partial charge on any atom is 0.161 e. The summed E-state index contributed by atoms with van der Waals surface area (Å²) in [4.78, 5) is 0. The lowest BCUT2D eigenvalue weighted by Gasteiger charge is -2.21. The van der Waals surface area contributed by atoms with Gasteiger partial charge >= 0.3 is 0 Å². The van der Waals surface area contributed by atoms with E-state index in [4.69, 9.17) is 9.47 Å². The van der Waals surface area contributed by atoms with Gasteiger partial charge in [-0.15, -0.1) is 0 Å². The van der Waals surface area contributed by atoms with Gasteiger partial charge in [-0.3, -0.25) is 0 Å². The third kappa shape index (κ3) is 1.31. The van der Waals surface area contributed by atoms with E-state index in [2.05, 4.69) is 6.92 Å². The molecule has 1 N–H and O–H groups in total. The molecule has 2 unspecified atom stereocenters. The number of rotatable bonds is 2. The Hall–Kier alpha value is -1.22. The van der Waals surface area contributed by atoms with Crippen LogP contribution < -0.4 is 9.47 Å². The van der Waals surface area contributed by atoms with Gasteiger partial charge in [0.1, 0.15) is 13.2 Å². The molecule has 0 radical (unpaired) electrons. The van der Waals surface area contributed by atoms with Crippen LogP contribution in [0.5, 0.6) is 11.5 Å². The first-order valence-corrected chi connectivity index (χ1v) is 5.77. The summed E-state index contributed by atoms with van der Waals surface area (Å²) in [6.07, 6.45) is 1.06. The summed E-state index contributed by atoms with van der Waals surface area (Å²) >= 11 is 0. The topological polar surface area (TPSA) is 38.7 Å². The quantitative estimate of drug-likeness (QED) is 0.825. The highest BCUT2D eigenvalue weighted by Gasteiger charge is 2.52. The van der Waals surface area contributed by atoms with Crippen molar-refractivity contribution in [2.45, 2.75) is 18.8 Å². The van der Waals surface area contributed by atoms with E-state index in [0.717, 1.165) is 17.9 Å². The van der Waals surface area contributed by atoms with Crippen molar-refractivity contribution in [3.8, 4) is 11.5 Å². The van der Waals surface area contributed by atoms with E-state index in [-0.39, 0.29) is 12.0 Å². The van der Waals surface area contributed by atoms with Crippen LogP contribution in [0.1, 0.15) is 18.9 Å². The van der Waals surface area contributed by atoms with Crippen molar-refractivity contribution in [3.05, 3.63) is 23.8 Å². The molecule has 3 rings (SSSR count). The van der Waals surface area contributed by atoms with Crippen molar-refractivity contribution < 1.29 is 14.6 Å². The Morgan fingerprint density at radius 3 is 2.62 bits per heavy atom. The average Bonchev–Trinajstić information content (AvgIpc) is 3.01. The van der Waals surface area contributed by atoms with Gasteiger partial charge < -0.3 is 14.6 Å². The SMILES string of the molecule is CC1CC1(CO)c1ccc2c(c1)OCCO2. The second kappa shape index (κ2) is 3.39. The van der Waals surface area contributed by atoms with E-state index in [1.165, 1.54) is 5.56 Å². The standard InChI is InChI=1S/C13H16O3/c1-9-7-13(9,8-14)10-2-3-11-12(6-10)16-5-4-15-11/h2-3,6,9,14H,4-5,7-8H2,1H3. The molecule has 0 spiro atoms. The number of aliphatic hydroxyl groups is 1. The van der Waals surface area contributed by atoms with Crippen LogP contribution in [0.15, 0.2) is 18.2 Å². The molecular weight excluding hydrogens is 204 g/mol. The molecule has 1 fully saturated rings. The molecule has 1 aliphatic heterocycles. The molecule has 86 valence electrons. The monoisotopic (exact) mass is 220 g/mol. The molecule has 1 aromatic carbocycles.